The fourth-order valence-corrected chi connectivity index (χ4v) is 5.35. The summed E-state index contributed by atoms with van der Waals surface area (Å²) < 4.78 is 6.22. The zero-order chi connectivity index (χ0) is 22.8. The van der Waals surface area contributed by atoms with Crippen LogP contribution < -0.4 is 16.3 Å². The third-order valence-corrected chi connectivity index (χ3v) is 6.93. The first-order chi connectivity index (χ1) is 16.0. The Balaban J connectivity index is 1.36. The minimum atomic E-state index is -0.368. The summed E-state index contributed by atoms with van der Waals surface area (Å²) in [5.41, 5.74) is 2.61. The van der Waals surface area contributed by atoms with Crippen molar-refractivity contribution in [3.63, 3.8) is 0 Å². The maximum absolute atomic E-state index is 12.1. The third-order valence-electron chi connectivity index (χ3n) is 4.91. The van der Waals surface area contributed by atoms with Gasteiger partial charge in [-0.15, -0.1) is 10.2 Å². The van der Waals surface area contributed by atoms with Crippen LogP contribution in [0.3, 0.4) is 0 Å². The molecule has 0 bridgehead atoms. The van der Waals surface area contributed by atoms with Gasteiger partial charge in [0.15, 0.2) is 4.34 Å². The number of anilines is 3. The molecule has 0 fully saturated rings. The lowest BCUT2D eigenvalue weighted by molar-refractivity contribution is -0.114. The van der Waals surface area contributed by atoms with Gasteiger partial charge in [-0.25, -0.2) is 4.79 Å². The summed E-state index contributed by atoms with van der Waals surface area (Å²) >= 11 is 2.94. The topological polar surface area (TPSA) is 97.1 Å². The lowest BCUT2D eigenvalue weighted by atomic mass is 10.0. The molecule has 164 valence electrons. The Morgan fingerprint density at radius 1 is 1.03 bits per heavy atom. The van der Waals surface area contributed by atoms with Gasteiger partial charge in [0.2, 0.25) is 11.0 Å². The van der Waals surface area contributed by atoms with Crippen molar-refractivity contribution in [3.05, 3.63) is 82.7 Å². The number of thioether (sulfide) groups is 1. The number of hydrogen-bond acceptors (Lipinski definition) is 8. The summed E-state index contributed by atoms with van der Waals surface area (Å²) in [5, 5.41) is 18.2. The zero-order valence-corrected chi connectivity index (χ0v) is 19.1. The van der Waals surface area contributed by atoms with Crippen LogP contribution in [0.4, 0.5) is 16.5 Å². The Hall–Kier alpha value is -3.69. The van der Waals surface area contributed by atoms with E-state index in [4.69, 9.17) is 4.42 Å². The number of carbonyl (C=O) groups is 1. The molecule has 0 spiro atoms. The normalized spacial score (nSPS) is 11.1. The van der Waals surface area contributed by atoms with Gasteiger partial charge in [-0.3, -0.25) is 4.79 Å². The van der Waals surface area contributed by atoms with E-state index >= 15 is 0 Å². The van der Waals surface area contributed by atoms with Gasteiger partial charge in [0.1, 0.15) is 5.58 Å². The first-order valence-corrected chi connectivity index (χ1v) is 11.9. The number of aromatic nitrogens is 2. The fourth-order valence-electron chi connectivity index (χ4n) is 3.59. The molecule has 0 atom stereocenters. The van der Waals surface area contributed by atoms with E-state index < -0.39 is 0 Å². The van der Waals surface area contributed by atoms with Crippen LogP contribution in [0.25, 0.3) is 21.7 Å². The van der Waals surface area contributed by atoms with Crippen molar-refractivity contribution in [2.45, 2.75) is 17.0 Å². The van der Waals surface area contributed by atoms with Crippen LogP contribution in [0.1, 0.15) is 12.5 Å². The van der Waals surface area contributed by atoms with Crippen LogP contribution >= 0.6 is 23.1 Å². The van der Waals surface area contributed by atoms with Crippen LogP contribution in [0.15, 0.2) is 80.3 Å². The molecule has 0 aliphatic carbocycles. The monoisotopic (exact) mass is 474 g/mol. The van der Waals surface area contributed by atoms with Gasteiger partial charge >= 0.3 is 5.63 Å². The summed E-state index contributed by atoms with van der Waals surface area (Å²) in [4.78, 5) is 23.4. The SMILES string of the molecule is CC(=O)Nc1cccc(Nc2nnc(SCc3cc(=O)oc4ccc5ccccc5c34)s2)c1. The molecule has 0 aliphatic heterocycles. The summed E-state index contributed by atoms with van der Waals surface area (Å²) in [7, 11) is 0. The first-order valence-electron chi connectivity index (χ1n) is 10.1. The average Bonchev–Trinajstić information content (AvgIpc) is 3.24. The third kappa shape index (κ3) is 4.74. The van der Waals surface area contributed by atoms with Crippen molar-refractivity contribution in [3.8, 4) is 0 Å². The van der Waals surface area contributed by atoms with E-state index in [1.165, 1.54) is 30.0 Å². The molecular formula is C24H18N4O3S2. The average molecular weight is 475 g/mol. The standard InChI is InChI=1S/C24H18N4O3S2/c1-14(29)25-17-6-4-7-18(12-17)26-23-27-28-24(33-23)32-13-16-11-21(30)31-20-10-9-15-5-2-3-8-19(15)22(16)20/h2-12H,13H2,1H3,(H,25,29)(H,26,27). The Labute approximate surface area is 196 Å². The van der Waals surface area contributed by atoms with Gasteiger partial charge < -0.3 is 15.1 Å². The van der Waals surface area contributed by atoms with Gasteiger partial charge in [0, 0.05) is 35.5 Å². The van der Waals surface area contributed by atoms with E-state index in [1.54, 1.807) is 6.07 Å². The lowest BCUT2D eigenvalue weighted by Gasteiger charge is -2.07. The Kier molecular flexibility index (Phi) is 5.80. The molecule has 5 aromatic rings. The Morgan fingerprint density at radius 2 is 1.88 bits per heavy atom. The molecule has 7 nitrogen and oxygen atoms in total. The van der Waals surface area contributed by atoms with Crippen molar-refractivity contribution in [2.24, 2.45) is 0 Å². The molecule has 0 aliphatic rings. The Morgan fingerprint density at radius 3 is 2.76 bits per heavy atom. The summed E-state index contributed by atoms with van der Waals surface area (Å²) in [6, 6.07) is 20.8. The van der Waals surface area contributed by atoms with Crippen LogP contribution in [0.2, 0.25) is 0 Å². The molecule has 0 radical (unpaired) electrons. The number of carbonyl (C=O) groups excluding carboxylic acids is 1. The van der Waals surface area contributed by atoms with E-state index in [0.29, 0.717) is 22.2 Å². The molecule has 2 aromatic heterocycles. The van der Waals surface area contributed by atoms with E-state index in [9.17, 15) is 9.59 Å². The van der Waals surface area contributed by atoms with Crippen molar-refractivity contribution in [1.29, 1.82) is 0 Å². The molecule has 2 N–H and O–H groups in total. The number of hydrogen-bond donors (Lipinski definition) is 2. The maximum Gasteiger partial charge on any atom is 0.336 e. The second kappa shape index (κ2) is 9.05. The zero-order valence-electron chi connectivity index (χ0n) is 17.5. The Bertz CT molecular complexity index is 1540. The van der Waals surface area contributed by atoms with Crippen LogP contribution in [0.5, 0.6) is 0 Å². The van der Waals surface area contributed by atoms with Crippen molar-refractivity contribution >= 4 is 67.3 Å². The highest BCUT2D eigenvalue weighted by molar-refractivity contribution is 8.00. The smallest absolute Gasteiger partial charge is 0.336 e. The van der Waals surface area contributed by atoms with E-state index in [2.05, 4.69) is 20.8 Å². The van der Waals surface area contributed by atoms with E-state index in [0.717, 1.165) is 31.7 Å². The summed E-state index contributed by atoms with van der Waals surface area (Å²) in [5.74, 6) is 0.431. The van der Waals surface area contributed by atoms with Crippen LogP contribution in [0, 0.1) is 0 Å². The quantitative estimate of drug-likeness (QED) is 0.183. The highest BCUT2D eigenvalue weighted by Gasteiger charge is 2.12. The molecule has 0 saturated heterocycles. The molecule has 33 heavy (non-hydrogen) atoms. The van der Waals surface area contributed by atoms with Crippen LogP contribution in [-0.4, -0.2) is 16.1 Å². The summed E-state index contributed by atoms with van der Waals surface area (Å²) in [6.07, 6.45) is 0. The van der Waals surface area contributed by atoms with Crippen molar-refractivity contribution in [1.82, 2.24) is 10.2 Å². The number of benzene rings is 3. The predicted molar refractivity (Wildman–Crippen MR) is 133 cm³/mol. The summed E-state index contributed by atoms with van der Waals surface area (Å²) in [6.45, 7) is 1.47. The number of amides is 1. The molecule has 1 amide bonds. The highest BCUT2D eigenvalue weighted by Crippen LogP contribution is 2.34. The molecule has 3 aromatic carbocycles. The van der Waals surface area contributed by atoms with E-state index in [-0.39, 0.29) is 11.5 Å². The minimum Gasteiger partial charge on any atom is -0.423 e. The second-order valence-electron chi connectivity index (χ2n) is 7.30. The molecular weight excluding hydrogens is 456 g/mol. The van der Waals surface area contributed by atoms with Gasteiger partial charge in [0.05, 0.1) is 0 Å². The number of nitrogens with zero attached hydrogens (tertiary/aromatic N) is 2. The second-order valence-corrected chi connectivity index (χ2v) is 9.50. The van der Waals surface area contributed by atoms with E-state index in [1.807, 2.05) is 60.7 Å². The number of nitrogens with one attached hydrogen (secondary N) is 2. The number of fused-ring (bicyclic) bond motifs is 3. The molecule has 5 rings (SSSR count). The molecule has 0 unspecified atom stereocenters. The van der Waals surface area contributed by atoms with Gasteiger partial charge in [0.25, 0.3) is 0 Å². The number of rotatable bonds is 6. The highest BCUT2D eigenvalue weighted by atomic mass is 32.2. The van der Waals surface area contributed by atoms with Crippen LogP contribution in [-0.2, 0) is 10.5 Å². The fraction of sp³-hybridized carbons (Fsp3) is 0.0833. The van der Waals surface area contributed by atoms with Gasteiger partial charge in [-0.05, 0) is 40.6 Å². The van der Waals surface area contributed by atoms with Crippen molar-refractivity contribution < 1.29 is 9.21 Å². The largest absolute Gasteiger partial charge is 0.423 e. The lowest BCUT2D eigenvalue weighted by Crippen LogP contribution is -2.05. The first kappa shape index (κ1) is 21.2. The molecule has 0 saturated carbocycles. The molecule has 2 heterocycles. The van der Waals surface area contributed by atoms with Crippen molar-refractivity contribution in [2.75, 3.05) is 10.6 Å². The molecule has 9 heteroatoms. The maximum atomic E-state index is 12.1. The predicted octanol–water partition coefficient (Wildman–Crippen LogP) is 5.79. The van der Waals surface area contributed by atoms with Gasteiger partial charge in [-0.2, -0.15) is 0 Å². The minimum absolute atomic E-state index is 0.128. The van der Waals surface area contributed by atoms with Gasteiger partial charge in [-0.1, -0.05) is 59.5 Å².